The molecule has 1 aromatic rings. The normalized spacial score (nSPS) is 14.0. The van der Waals surface area contributed by atoms with Crippen molar-refractivity contribution < 1.29 is 61.6 Å². The number of methoxy groups -OCH3 is 1. The van der Waals surface area contributed by atoms with Crippen LogP contribution < -0.4 is 8.92 Å². The Labute approximate surface area is 144 Å². The average Bonchev–Trinajstić information content (AvgIpc) is 2.52. The van der Waals surface area contributed by atoms with Crippen LogP contribution in [0.1, 0.15) is 10.4 Å². The number of hydrogen-bond acceptors (Lipinski definition) is 5. The Morgan fingerprint density at radius 3 is 1.85 bits per heavy atom. The number of rotatable bonds is 7. The quantitative estimate of drug-likeness (QED) is 0.373. The molecule has 0 spiro atoms. The number of aldehydes is 1. The maximum absolute atomic E-state index is 13.5. The van der Waals surface area contributed by atoms with Crippen molar-refractivity contribution in [3.8, 4) is 11.5 Å². The maximum atomic E-state index is 13.5. The summed E-state index contributed by atoms with van der Waals surface area (Å²) < 4.78 is 146. The topological polar surface area (TPSA) is 69.7 Å². The van der Waals surface area contributed by atoms with E-state index in [1.54, 1.807) is 0 Å². The first-order valence-electron chi connectivity index (χ1n) is 6.23. The number of benzene rings is 1. The summed E-state index contributed by atoms with van der Waals surface area (Å²) in [6.07, 6.45) is -7.40. The average molecular weight is 434 g/mol. The predicted octanol–water partition coefficient (Wildman–Crippen LogP) is 3.64. The maximum Gasteiger partial charge on any atom is 0.460 e. The van der Waals surface area contributed by atoms with Crippen LogP contribution in [0.2, 0.25) is 0 Å². The van der Waals surface area contributed by atoms with Crippen molar-refractivity contribution in [2.45, 2.75) is 23.3 Å². The first-order valence-corrected chi connectivity index (χ1v) is 7.64. The predicted molar refractivity (Wildman–Crippen MR) is 68.8 cm³/mol. The highest BCUT2D eigenvalue weighted by molar-refractivity contribution is 7.88. The third kappa shape index (κ3) is 3.64. The highest BCUT2D eigenvalue weighted by Gasteiger charge is 2.86. The molecule has 0 radical (unpaired) electrons. The third-order valence-corrected chi connectivity index (χ3v) is 4.26. The van der Waals surface area contributed by atoms with Gasteiger partial charge in [-0.3, -0.25) is 4.79 Å². The molecule has 0 N–H and O–H groups in total. The van der Waals surface area contributed by atoms with E-state index in [0.29, 0.717) is 6.07 Å². The summed E-state index contributed by atoms with van der Waals surface area (Å²) in [5, 5.41) is -7.04. The minimum Gasteiger partial charge on any atom is -0.497 e. The van der Waals surface area contributed by atoms with Crippen LogP contribution in [0.4, 0.5) is 39.5 Å². The Kier molecular flexibility index (Phi) is 5.72. The lowest BCUT2D eigenvalue weighted by atomic mass is 10.1. The van der Waals surface area contributed by atoms with Crippen molar-refractivity contribution in [1.29, 1.82) is 0 Å². The van der Waals surface area contributed by atoms with Crippen molar-refractivity contribution >= 4 is 16.4 Å². The molecule has 0 fully saturated rings. The van der Waals surface area contributed by atoms with Gasteiger partial charge in [0.1, 0.15) is 5.75 Å². The number of carbonyl (C=O) groups is 1. The minimum absolute atomic E-state index is 0.190. The standard InChI is InChI=1S/C12H7F9O5S/c1-25-7-3-2-6(5-22)8(4-7)26-27(23,24)12(20,21)10(15,16)9(13,14)11(17,18)19/h2-5H,1H3. The second kappa shape index (κ2) is 6.76. The Morgan fingerprint density at radius 1 is 0.926 bits per heavy atom. The van der Waals surface area contributed by atoms with E-state index in [9.17, 15) is 52.7 Å². The molecular formula is C12H7F9O5S. The van der Waals surface area contributed by atoms with Crippen LogP contribution in [0, 0.1) is 0 Å². The number of hydrogen-bond donors (Lipinski definition) is 0. The molecule has 0 amide bonds. The fraction of sp³-hybridized carbons (Fsp3) is 0.417. The van der Waals surface area contributed by atoms with Gasteiger partial charge in [-0.1, -0.05) is 0 Å². The fourth-order valence-electron chi connectivity index (χ4n) is 1.50. The molecule has 0 aliphatic heterocycles. The van der Waals surface area contributed by atoms with Gasteiger partial charge in [-0.25, -0.2) is 0 Å². The van der Waals surface area contributed by atoms with Gasteiger partial charge in [0.05, 0.1) is 12.7 Å². The van der Waals surface area contributed by atoms with Crippen LogP contribution in [0.15, 0.2) is 18.2 Å². The molecule has 0 aliphatic carbocycles. The molecule has 5 nitrogen and oxygen atoms in total. The van der Waals surface area contributed by atoms with Gasteiger partial charge >= 0.3 is 33.4 Å². The Hall–Kier alpha value is -2.19. The number of halogens is 9. The second-order valence-electron chi connectivity index (χ2n) is 4.72. The number of carbonyl (C=O) groups excluding carboxylic acids is 1. The highest BCUT2D eigenvalue weighted by Crippen LogP contribution is 2.55. The van der Waals surface area contributed by atoms with Crippen LogP contribution in [-0.2, 0) is 10.1 Å². The molecule has 0 aliphatic rings. The third-order valence-electron chi connectivity index (χ3n) is 2.98. The van der Waals surface area contributed by atoms with Crippen LogP contribution in [0.25, 0.3) is 0 Å². The van der Waals surface area contributed by atoms with Gasteiger partial charge in [-0.05, 0) is 12.1 Å². The lowest BCUT2D eigenvalue weighted by Gasteiger charge is -2.32. The summed E-state index contributed by atoms with van der Waals surface area (Å²) in [6, 6.07) is 2.13. The molecule has 0 heterocycles. The summed E-state index contributed by atoms with van der Waals surface area (Å²) in [5.41, 5.74) is -0.832. The van der Waals surface area contributed by atoms with E-state index in [4.69, 9.17) is 0 Å². The lowest BCUT2D eigenvalue weighted by molar-refractivity contribution is -0.382. The van der Waals surface area contributed by atoms with E-state index in [-0.39, 0.29) is 12.0 Å². The van der Waals surface area contributed by atoms with E-state index in [1.807, 2.05) is 0 Å². The molecule has 0 bridgehead atoms. The summed E-state index contributed by atoms with van der Waals surface area (Å²) in [4.78, 5) is 10.7. The van der Waals surface area contributed by atoms with Crippen molar-refractivity contribution in [1.82, 2.24) is 0 Å². The van der Waals surface area contributed by atoms with Gasteiger partial charge in [-0.15, -0.1) is 0 Å². The summed E-state index contributed by atoms with van der Waals surface area (Å²) in [5.74, 6) is -16.6. The van der Waals surface area contributed by atoms with Crippen molar-refractivity contribution in [2.75, 3.05) is 7.11 Å². The second-order valence-corrected chi connectivity index (χ2v) is 6.31. The van der Waals surface area contributed by atoms with Crippen molar-refractivity contribution in [3.63, 3.8) is 0 Å². The first kappa shape index (κ1) is 22.9. The molecule has 1 rings (SSSR count). The Morgan fingerprint density at radius 2 is 1.44 bits per heavy atom. The lowest BCUT2D eigenvalue weighted by Crippen LogP contribution is -2.63. The Bertz CT molecular complexity index is 817. The molecule has 0 unspecified atom stereocenters. The van der Waals surface area contributed by atoms with Gasteiger partial charge in [0.25, 0.3) is 0 Å². The zero-order chi connectivity index (χ0) is 21.5. The molecule has 15 heteroatoms. The van der Waals surface area contributed by atoms with E-state index < -0.39 is 44.7 Å². The minimum atomic E-state index is -7.45. The zero-order valence-corrected chi connectivity index (χ0v) is 13.5. The Balaban J connectivity index is 3.48. The SMILES string of the molecule is COc1ccc(C=O)c(OS(=O)(=O)C(F)(F)C(F)(F)C(F)(F)C(F)(F)F)c1. The molecule has 154 valence electrons. The van der Waals surface area contributed by atoms with E-state index in [0.717, 1.165) is 19.2 Å². The van der Waals surface area contributed by atoms with Gasteiger partial charge in [-0.2, -0.15) is 47.9 Å². The van der Waals surface area contributed by atoms with Gasteiger partial charge < -0.3 is 8.92 Å². The van der Waals surface area contributed by atoms with Crippen LogP contribution >= 0.6 is 0 Å². The smallest absolute Gasteiger partial charge is 0.460 e. The van der Waals surface area contributed by atoms with E-state index in [1.165, 1.54) is 0 Å². The van der Waals surface area contributed by atoms with Gasteiger partial charge in [0.15, 0.2) is 12.0 Å². The largest absolute Gasteiger partial charge is 0.497 e. The molecule has 0 aromatic heterocycles. The van der Waals surface area contributed by atoms with Crippen LogP contribution in [-0.4, -0.2) is 45.1 Å². The van der Waals surface area contributed by atoms with Crippen molar-refractivity contribution in [2.24, 2.45) is 0 Å². The molecule has 0 atom stereocenters. The molecule has 27 heavy (non-hydrogen) atoms. The molecular weight excluding hydrogens is 427 g/mol. The van der Waals surface area contributed by atoms with Crippen LogP contribution in [0.5, 0.6) is 11.5 Å². The summed E-state index contributed by atoms with van der Waals surface area (Å²) in [7, 11) is -6.18. The van der Waals surface area contributed by atoms with E-state index >= 15 is 0 Å². The van der Waals surface area contributed by atoms with Gasteiger partial charge in [0.2, 0.25) is 0 Å². The molecule has 1 aromatic carbocycles. The zero-order valence-electron chi connectivity index (χ0n) is 12.7. The number of ether oxygens (including phenoxy) is 1. The van der Waals surface area contributed by atoms with E-state index in [2.05, 4.69) is 8.92 Å². The fourth-order valence-corrected chi connectivity index (χ4v) is 2.43. The summed E-state index contributed by atoms with van der Waals surface area (Å²) >= 11 is 0. The number of alkyl halides is 9. The van der Waals surface area contributed by atoms with Crippen LogP contribution in [0.3, 0.4) is 0 Å². The molecule has 0 saturated carbocycles. The first-order chi connectivity index (χ1) is 12.0. The monoisotopic (exact) mass is 434 g/mol. The summed E-state index contributed by atoms with van der Waals surface area (Å²) in [6.45, 7) is 0. The van der Waals surface area contributed by atoms with Gasteiger partial charge in [0, 0.05) is 6.07 Å². The highest BCUT2D eigenvalue weighted by atomic mass is 32.2. The van der Waals surface area contributed by atoms with Crippen molar-refractivity contribution in [3.05, 3.63) is 23.8 Å². The molecule has 0 saturated heterocycles.